The molecule has 3 aromatic rings. The first-order valence-electron chi connectivity index (χ1n) is 8.79. The van der Waals surface area contributed by atoms with E-state index in [2.05, 4.69) is 32.7 Å². The van der Waals surface area contributed by atoms with Gasteiger partial charge in [0.25, 0.3) is 5.91 Å². The van der Waals surface area contributed by atoms with E-state index in [1.165, 1.54) is 11.8 Å². The van der Waals surface area contributed by atoms with Crippen molar-refractivity contribution in [2.75, 3.05) is 11.9 Å². The molecule has 27 heavy (non-hydrogen) atoms. The molecule has 138 valence electrons. The van der Waals surface area contributed by atoms with Crippen LogP contribution in [0.1, 0.15) is 28.0 Å². The Morgan fingerprint density at radius 3 is 2.59 bits per heavy atom. The van der Waals surface area contributed by atoms with Crippen molar-refractivity contribution in [3.05, 3.63) is 82.8 Å². The predicted octanol–water partition coefficient (Wildman–Crippen LogP) is 4.54. The molecule has 0 bridgehead atoms. The van der Waals surface area contributed by atoms with Crippen LogP contribution in [0.25, 0.3) is 0 Å². The number of carbonyl (C=O) groups excluding carboxylic acids is 1. The summed E-state index contributed by atoms with van der Waals surface area (Å²) in [6, 6.07) is 15.8. The number of hydrogen-bond donors (Lipinski definition) is 2. The fourth-order valence-electron chi connectivity index (χ4n) is 2.64. The average molecular weight is 381 g/mol. The summed E-state index contributed by atoms with van der Waals surface area (Å²) >= 11 is 5.96. The molecular weight excluding hydrogens is 360 g/mol. The number of aryl methyl sites for hydroxylation is 2. The van der Waals surface area contributed by atoms with Gasteiger partial charge in [-0.3, -0.25) is 4.79 Å². The van der Waals surface area contributed by atoms with E-state index in [1.807, 2.05) is 43.3 Å². The molecule has 0 spiro atoms. The van der Waals surface area contributed by atoms with Crippen LogP contribution in [0.4, 0.5) is 11.5 Å². The minimum atomic E-state index is -0.218. The van der Waals surface area contributed by atoms with Crippen LogP contribution in [0, 0.1) is 6.92 Å². The number of nitrogens with one attached hydrogen (secondary N) is 2. The van der Waals surface area contributed by atoms with E-state index in [1.54, 1.807) is 6.20 Å². The molecule has 2 N–H and O–H groups in total. The van der Waals surface area contributed by atoms with Gasteiger partial charge in [0, 0.05) is 17.3 Å². The first kappa shape index (κ1) is 18.9. The highest BCUT2D eigenvalue weighted by Crippen LogP contribution is 2.22. The number of anilines is 2. The van der Waals surface area contributed by atoms with E-state index in [0.29, 0.717) is 23.1 Å². The largest absolute Gasteiger partial charge is 0.351 e. The molecule has 0 saturated heterocycles. The molecule has 0 fully saturated rings. The lowest BCUT2D eigenvalue weighted by molar-refractivity contribution is 0.0948. The van der Waals surface area contributed by atoms with Gasteiger partial charge in [-0.05, 0) is 49.1 Å². The lowest BCUT2D eigenvalue weighted by atomic mass is 10.1. The van der Waals surface area contributed by atoms with Crippen LogP contribution >= 0.6 is 11.6 Å². The Morgan fingerprint density at radius 1 is 1.07 bits per heavy atom. The van der Waals surface area contributed by atoms with Crippen molar-refractivity contribution < 1.29 is 4.79 Å². The van der Waals surface area contributed by atoms with Gasteiger partial charge in [-0.25, -0.2) is 9.97 Å². The second-order valence-electron chi connectivity index (χ2n) is 6.22. The molecule has 0 radical (unpaired) electrons. The maximum Gasteiger partial charge on any atom is 0.271 e. The Morgan fingerprint density at radius 2 is 1.89 bits per heavy atom. The lowest BCUT2D eigenvalue weighted by Gasteiger charge is -2.09. The minimum Gasteiger partial charge on any atom is -0.351 e. The summed E-state index contributed by atoms with van der Waals surface area (Å²) in [6.07, 6.45) is 4.82. The monoisotopic (exact) mass is 380 g/mol. The fourth-order valence-corrected chi connectivity index (χ4v) is 2.87. The molecule has 1 aromatic heterocycles. The van der Waals surface area contributed by atoms with Crippen LogP contribution in [0.2, 0.25) is 5.02 Å². The quantitative estimate of drug-likeness (QED) is 0.590. The van der Waals surface area contributed by atoms with E-state index in [9.17, 15) is 4.79 Å². The van der Waals surface area contributed by atoms with Crippen LogP contribution in [-0.4, -0.2) is 22.4 Å². The topological polar surface area (TPSA) is 66.9 Å². The summed E-state index contributed by atoms with van der Waals surface area (Å²) in [4.78, 5) is 20.6. The number of rotatable bonds is 7. The van der Waals surface area contributed by atoms with Gasteiger partial charge in [0.2, 0.25) is 0 Å². The second kappa shape index (κ2) is 9.14. The number of aromatic nitrogens is 2. The second-order valence-corrected chi connectivity index (χ2v) is 6.65. The van der Waals surface area contributed by atoms with E-state index < -0.39 is 0 Å². The van der Waals surface area contributed by atoms with Gasteiger partial charge in [0.15, 0.2) is 0 Å². The molecule has 5 nitrogen and oxygen atoms in total. The summed E-state index contributed by atoms with van der Waals surface area (Å²) in [6.45, 7) is 2.55. The van der Waals surface area contributed by atoms with E-state index >= 15 is 0 Å². The van der Waals surface area contributed by atoms with Crippen molar-refractivity contribution in [1.82, 2.24) is 15.3 Å². The first-order chi connectivity index (χ1) is 13.1. The summed E-state index contributed by atoms with van der Waals surface area (Å²) in [5, 5.41) is 6.73. The third-order valence-electron chi connectivity index (χ3n) is 4.11. The predicted molar refractivity (Wildman–Crippen MR) is 109 cm³/mol. The van der Waals surface area contributed by atoms with Crippen molar-refractivity contribution in [2.45, 2.75) is 19.8 Å². The van der Waals surface area contributed by atoms with Gasteiger partial charge in [-0.1, -0.05) is 41.9 Å². The molecule has 0 saturated carbocycles. The summed E-state index contributed by atoms with van der Waals surface area (Å²) in [7, 11) is 0. The van der Waals surface area contributed by atoms with Crippen molar-refractivity contribution in [2.24, 2.45) is 0 Å². The maximum atomic E-state index is 12.2. The van der Waals surface area contributed by atoms with Crippen molar-refractivity contribution in [3.63, 3.8) is 0 Å². The Kier molecular flexibility index (Phi) is 6.39. The van der Waals surface area contributed by atoms with Crippen LogP contribution in [0.3, 0.4) is 0 Å². The smallest absolute Gasteiger partial charge is 0.271 e. The molecule has 6 heteroatoms. The highest BCUT2D eigenvalue weighted by Gasteiger charge is 2.08. The Balaban J connectivity index is 1.49. The highest BCUT2D eigenvalue weighted by molar-refractivity contribution is 6.30. The molecular formula is C21H21ClN4O. The van der Waals surface area contributed by atoms with Crippen LogP contribution in [0.5, 0.6) is 0 Å². The van der Waals surface area contributed by atoms with Gasteiger partial charge < -0.3 is 10.6 Å². The fraction of sp³-hybridized carbons (Fsp3) is 0.190. The molecule has 0 atom stereocenters. The van der Waals surface area contributed by atoms with Gasteiger partial charge >= 0.3 is 0 Å². The van der Waals surface area contributed by atoms with Crippen LogP contribution < -0.4 is 10.6 Å². The third-order valence-corrected chi connectivity index (χ3v) is 4.34. The maximum absolute atomic E-state index is 12.2. The molecule has 0 aliphatic carbocycles. The van der Waals surface area contributed by atoms with E-state index in [4.69, 9.17) is 11.6 Å². The number of amides is 1. The summed E-state index contributed by atoms with van der Waals surface area (Å²) in [5.41, 5.74) is 3.46. The SMILES string of the molecule is Cc1cc(Cl)ccc1Nc1cnc(C(=O)NCCCc2ccccc2)cn1. The Hall–Kier alpha value is -2.92. The number of benzene rings is 2. The number of nitrogens with zero attached hydrogens (tertiary/aromatic N) is 2. The first-order valence-corrected chi connectivity index (χ1v) is 9.17. The summed E-state index contributed by atoms with van der Waals surface area (Å²) in [5.74, 6) is 0.353. The number of hydrogen-bond acceptors (Lipinski definition) is 4. The zero-order chi connectivity index (χ0) is 19.1. The van der Waals surface area contributed by atoms with Gasteiger partial charge in [-0.15, -0.1) is 0 Å². The van der Waals surface area contributed by atoms with Crippen molar-refractivity contribution in [1.29, 1.82) is 0 Å². The number of carbonyl (C=O) groups is 1. The lowest BCUT2D eigenvalue weighted by Crippen LogP contribution is -2.25. The van der Waals surface area contributed by atoms with Crippen molar-refractivity contribution >= 4 is 29.0 Å². The molecule has 3 rings (SSSR count). The third kappa shape index (κ3) is 5.53. The molecule has 0 unspecified atom stereocenters. The number of halogens is 1. The van der Waals surface area contributed by atoms with E-state index in [-0.39, 0.29) is 5.91 Å². The van der Waals surface area contributed by atoms with E-state index in [0.717, 1.165) is 24.1 Å². The van der Waals surface area contributed by atoms with Crippen LogP contribution in [0.15, 0.2) is 60.9 Å². The molecule has 0 aliphatic heterocycles. The van der Waals surface area contributed by atoms with Crippen LogP contribution in [-0.2, 0) is 6.42 Å². The van der Waals surface area contributed by atoms with Gasteiger partial charge in [0.05, 0.1) is 12.4 Å². The molecule has 0 aliphatic rings. The van der Waals surface area contributed by atoms with Gasteiger partial charge in [0.1, 0.15) is 11.5 Å². The van der Waals surface area contributed by atoms with Crippen molar-refractivity contribution in [3.8, 4) is 0 Å². The average Bonchev–Trinajstić information content (AvgIpc) is 2.69. The minimum absolute atomic E-state index is 0.218. The Labute approximate surface area is 163 Å². The highest BCUT2D eigenvalue weighted by atomic mass is 35.5. The normalized spacial score (nSPS) is 10.4. The zero-order valence-electron chi connectivity index (χ0n) is 15.1. The van der Waals surface area contributed by atoms with Gasteiger partial charge in [-0.2, -0.15) is 0 Å². The zero-order valence-corrected chi connectivity index (χ0v) is 15.8. The molecule has 2 aromatic carbocycles. The molecule has 1 amide bonds. The Bertz CT molecular complexity index is 898. The standard InChI is InChI=1S/C21H21ClN4O/c1-15-12-17(22)9-10-18(15)26-20-14-24-19(13-25-20)21(27)23-11-5-8-16-6-3-2-4-7-16/h2-4,6-7,9-10,12-14H,5,8,11H2,1H3,(H,23,27)(H,25,26). The summed E-state index contributed by atoms with van der Waals surface area (Å²) < 4.78 is 0. The molecule has 1 heterocycles.